The van der Waals surface area contributed by atoms with Crippen molar-refractivity contribution in [3.05, 3.63) is 69.6 Å². The smallest absolute Gasteiger partial charge is 0.258 e. The number of carbonyl (C=O) groups excluding carboxylic acids is 1. The summed E-state index contributed by atoms with van der Waals surface area (Å²) in [5.74, 6) is 0. The van der Waals surface area contributed by atoms with E-state index >= 15 is 0 Å². The number of nitrogens with zero attached hydrogens (tertiary/aromatic N) is 1. The van der Waals surface area contributed by atoms with Gasteiger partial charge in [0.2, 0.25) is 0 Å². The molecule has 2 aromatic carbocycles. The molecule has 1 atom stereocenters. The number of aromatic nitrogens is 1. The lowest BCUT2D eigenvalue weighted by Gasteiger charge is -2.29. The lowest BCUT2D eigenvalue weighted by atomic mass is 9.93. The van der Waals surface area contributed by atoms with Crippen LogP contribution in [0.4, 0.5) is 8.78 Å². The molecule has 31 heavy (non-hydrogen) atoms. The van der Waals surface area contributed by atoms with Gasteiger partial charge in [-0.1, -0.05) is 48.9 Å². The van der Waals surface area contributed by atoms with E-state index in [9.17, 15) is 18.4 Å². The molecule has 0 aliphatic heterocycles. The summed E-state index contributed by atoms with van der Waals surface area (Å²) >= 11 is 0. The van der Waals surface area contributed by atoms with Gasteiger partial charge in [0.05, 0.1) is 5.69 Å². The summed E-state index contributed by atoms with van der Waals surface area (Å²) in [6.07, 6.45) is 0.0373. The summed E-state index contributed by atoms with van der Waals surface area (Å²) in [6.45, 7) is 3.03. The van der Waals surface area contributed by atoms with Crippen LogP contribution in [0.3, 0.4) is 0 Å². The molecule has 1 unspecified atom stereocenters. The van der Waals surface area contributed by atoms with Crippen molar-refractivity contribution < 1.29 is 18.3 Å². The summed E-state index contributed by atoms with van der Waals surface area (Å²) < 4.78 is 34.0. The van der Waals surface area contributed by atoms with E-state index in [4.69, 9.17) is 4.74 Å². The molecule has 3 aromatic rings. The van der Waals surface area contributed by atoms with Crippen molar-refractivity contribution in [2.75, 3.05) is 13.3 Å². The third kappa shape index (κ3) is 4.30. The van der Waals surface area contributed by atoms with Gasteiger partial charge < -0.3 is 14.1 Å². The van der Waals surface area contributed by atoms with E-state index in [-0.39, 0.29) is 11.3 Å². The Labute approximate surface area is 180 Å². The van der Waals surface area contributed by atoms with Gasteiger partial charge in [-0.25, -0.2) is 8.78 Å². The predicted molar refractivity (Wildman–Crippen MR) is 119 cm³/mol. The Hall–Kier alpha value is -2.86. The zero-order chi connectivity index (χ0) is 22.8. The van der Waals surface area contributed by atoms with Crippen molar-refractivity contribution in [3.8, 4) is 11.1 Å². The normalized spacial score (nSPS) is 12.8. The van der Waals surface area contributed by atoms with Gasteiger partial charge in [0, 0.05) is 18.0 Å². The minimum absolute atomic E-state index is 0.274. The summed E-state index contributed by atoms with van der Waals surface area (Å²) in [6, 6.07) is 13.3. The Bertz CT molecular complexity index is 1150. The molecule has 0 spiro atoms. The second-order valence-electron chi connectivity index (χ2n) is 8.12. The van der Waals surface area contributed by atoms with Gasteiger partial charge in [0.1, 0.15) is 19.0 Å². The highest BCUT2D eigenvalue weighted by molar-refractivity contribution is 5.98. The van der Waals surface area contributed by atoms with E-state index in [0.29, 0.717) is 22.6 Å². The minimum Gasteiger partial charge on any atom is -0.353 e. The van der Waals surface area contributed by atoms with Crippen LogP contribution < -0.4 is 5.56 Å². The van der Waals surface area contributed by atoms with E-state index in [2.05, 4.69) is 6.92 Å². The van der Waals surface area contributed by atoms with Gasteiger partial charge >= 0.3 is 0 Å². The fourth-order valence-electron chi connectivity index (χ4n) is 3.74. The number of aryl methyl sites for hydroxylation is 2. The molecule has 1 heterocycles. The fourth-order valence-corrected chi connectivity index (χ4v) is 3.74. The number of pyridine rings is 1. The van der Waals surface area contributed by atoms with Gasteiger partial charge in [-0.05, 0) is 42.8 Å². The summed E-state index contributed by atoms with van der Waals surface area (Å²) in [4.78, 5) is 25.2. The minimum atomic E-state index is -1.79. The Kier molecular flexibility index (Phi) is 6.70. The van der Waals surface area contributed by atoms with Crippen LogP contribution in [-0.2, 0) is 23.0 Å². The lowest BCUT2D eigenvalue weighted by molar-refractivity contribution is -0.139. The van der Waals surface area contributed by atoms with Crippen LogP contribution in [0.1, 0.15) is 36.8 Å². The van der Waals surface area contributed by atoms with Crippen LogP contribution in [0.2, 0.25) is 0 Å². The first-order valence-electron chi connectivity index (χ1n) is 10.3. The van der Waals surface area contributed by atoms with Crippen LogP contribution in [0, 0.1) is 6.92 Å². The first-order chi connectivity index (χ1) is 14.8. The first-order valence-corrected chi connectivity index (χ1v) is 10.3. The Morgan fingerprint density at radius 1 is 1.10 bits per heavy atom. The number of benzene rings is 2. The number of aldehydes is 1. The highest BCUT2D eigenvalue weighted by Crippen LogP contribution is 2.36. The molecule has 0 N–H and O–H groups in total. The average Bonchev–Trinajstić information content (AvgIpc) is 2.79. The molecule has 0 saturated carbocycles. The largest absolute Gasteiger partial charge is 0.353 e. The van der Waals surface area contributed by atoms with Crippen molar-refractivity contribution in [1.82, 2.24) is 4.57 Å². The van der Waals surface area contributed by atoms with Crippen molar-refractivity contribution >= 4 is 17.1 Å². The molecular formula is C25H27F2NO3. The summed E-state index contributed by atoms with van der Waals surface area (Å²) in [5.41, 5.74) is 1.69. The van der Waals surface area contributed by atoms with Crippen LogP contribution in [-0.4, -0.2) is 29.8 Å². The van der Waals surface area contributed by atoms with Gasteiger partial charge in [-0.2, -0.15) is 0 Å². The quantitative estimate of drug-likeness (QED) is 0.474. The molecule has 0 saturated heterocycles. The lowest BCUT2D eigenvalue weighted by Crippen LogP contribution is -2.37. The zero-order valence-corrected chi connectivity index (χ0v) is 18.2. The third-order valence-corrected chi connectivity index (χ3v) is 5.62. The van der Waals surface area contributed by atoms with Crippen LogP contribution in [0.15, 0.2) is 47.3 Å². The summed E-state index contributed by atoms with van der Waals surface area (Å²) in [5, 5.41) is 1.16. The molecule has 1 aromatic heterocycles. The molecule has 0 aliphatic rings. The van der Waals surface area contributed by atoms with Gasteiger partial charge in [0.25, 0.3) is 5.56 Å². The van der Waals surface area contributed by atoms with Crippen molar-refractivity contribution in [2.45, 2.75) is 38.9 Å². The molecule has 0 radical (unpaired) electrons. The van der Waals surface area contributed by atoms with E-state index in [0.717, 1.165) is 23.1 Å². The second kappa shape index (κ2) is 9.10. The number of ether oxygens (including phenoxy) is 1. The van der Waals surface area contributed by atoms with Gasteiger partial charge in [-0.3, -0.25) is 4.79 Å². The van der Waals surface area contributed by atoms with E-state index in [1.54, 1.807) is 13.1 Å². The number of carbonyl (C=O) groups is 1. The molecule has 6 heteroatoms. The van der Waals surface area contributed by atoms with Crippen molar-refractivity contribution in [3.63, 3.8) is 0 Å². The van der Waals surface area contributed by atoms with Gasteiger partial charge in [0.15, 0.2) is 12.4 Å². The molecule has 164 valence electrons. The maximum atomic E-state index is 13.5. The number of alkyl halides is 2. The Morgan fingerprint density at radius 3 is 2.29 bits per heavy atom. The number of hydrogen-bond acceptors (Lipinski definition) is 3. The van der Waals surface area contributed by atoms with Crippen LogP contribution in [0.5, 0.6) is 0 Å². The predicted octanol–water partition coefficient (Wildman–Crippen LogP) is 5.03. The van der Waals surface area contributed by atoms with Gasteiger partial charge in [-0.15, -0.1) is 0 Å². The average molecular weight is 427 g/mol. The van der Waals surface area contributed by atoms with Crippen molar-refractivity contribution in [2.24, 2.45) is 7.05 Å². The molecule has 0 aliphatic carbocycles. The monoisotopic (exact) mass is 427 g/mol. The molecule has 0 fully saturated rings. The maximum absolute atomic E-state index is 13.5. The SMILES string of the molecule is CCc1ccc(-c2c(C(C=O)OC(C)(CF)CF)n(C)c(=O)c3ccc(C)cc23)cc1. The maximum Gasteiger partial charge on any atom is 0.258 e. The fraction of sp³-hybridized carbons (Fsp3) is 0.360. The van der Waals surface area contributed by atoms with Crippen molar-refractivity contribution in [1.29, 1.82) is 0 Å². The van der Waals surface area contributed by atoms with E-state index in [1.807, 2.05) is 43.3 Å². The van der Waals surface area contributed by atoms with E-state index < -0.39 is 25.1 Å². The number of hydrogen-bond donors (Lipinski definition) is 0. The highest BCUT2D eigenvalue weighted by atomic mass is 19.1. The zero-order valence-electron chi connectivity index (χ0n) is 18.2. The highest BCUT2D eigenvalue weighted by Gasteiger charge is 2.33. The summed E-state index contributed by atoms with van der Waals surface area (Å²) in [7, 11) is 1.54. The first kappa shape index (κ1) is 22.8. The topological polar surface area (TPSA) is 48.3 Å². The molecule has 0 amide bonds. The second-order valence-corrected chi connectivity index (χ2v) is 8.12. The Balaban J connectivity index is 2.39. The van der Waals surface area contributed by atoms with E-state index in [1.165, 1.54) is 11.5 Å². The number of halogens is 2. The number of fused-ring (bicyclic) bond motifs is 1. The molecular weight excluding hydrogens is 400 g/mol. The Morgan fingerprint density at radius 2 is 1.74 bits per heavy atom. The molecule has 0 bridgehead atoms. The number of rotatable bonds is 8. The van der Waals surface area contributed by atoms with Crippen LogP contribution in [0.25, 0.3) is 21.9 Å². The third-order valence-electron chi connectivity index (χ3n) is 5.62. The van der Waals surface area contributed by atoms with Crippen LogP contribution >= 0.6 is 0 Å². The molecule has 4 nitrogen and oxygen atoms in total. The molecule has 3 rings (SSSR count). The standard InChI is InChI=1S/C25H27F2NO3/c1-5-17-7-9-18(10-8-17)22-20-12-16(2)6-11-19(20)24(30)28(4)23(22)21(13-29)31-25(3,14-26)15-27/h6-13,21H,5,14-15H2,1-4H3.